The van der Waals surface area contributed by atoms with E-state index in [1.54, 1.807) is 28.7 Å². The molecule has 2 heterocycles. The zero-order valence-corrected chi connectivity index (χ0v) is 15.6. The van der Waals surface area contributed by atoms with Crippen LogP contribution in [-0.4, -0.2) is 15.3 Å². The van der Waals surface area contributed by atoms with E-state index in [0.29, 0.717) is 20.5 Å². The second kappa shape index (κ2) is 6.23. The number of hydrogen-bond acceptors (Lipinski definition) is 4. The molecule has 130 valence electrons. The Morgan fingerprint density at radius 3 is 2.69 bits per heavy atom. The third-order valence-electron chi connectivity index (χ3n) is 4.22. The number of nitrogens with zero attached hydrogens (tertiary/aromatic N) is 2. The minimum absolute atomic E-state index is 0.277. The Morgan fingerprint density at radius 2 is 1.92 bits per heavy atom. The molecule has 0 bridgehead atoms. The lowest BCUT2D eigenvalue weighted by atomic mass is 10.1. The first-order chi connectivity index (χ1) is 12.4. The monoisotopic (exact) mass is 383 g/mol. The van der Waals surface area contributed by atoms with Crippen LogP contribution in [0.1, 0.15) is 20.8 Å². The van der Waals surface area contributed by atoms with Gasteiger partial charge < -0.3 is 5.32 Å². The normalized spacial score (nSPS) is 11.2. The summed E-state index contributed by atoms with van der Waals surface area (Å²) in [6.07, 6.45) is 0. The van der Waals surface area contributed by atoms with Gasteiger partial charge in [-0.15, -0.1) is 0 Å². The van der Waals surface area contributed by atoms with Gasteiger partial charge in [-0.3, -0.25) is 14.0 Å². The van der Waals surface area contributed by atoms with E-state index in [0.717, 1.165) is 22.2 Å². The number of imidazole rings is 1. The lowest BCUT2D eigenvalue weighted by Gasteiger charge is -2.05. The average Bonchev–Trinajstić information content (AvgIpc) is 2.93. The van der Waals surface area contributed by atoms with Gasteiger partial charge in [0.25, 0.3) is 11.5 Å². The van der Waals surface area contributed by atoms with Crippen molar-refractivity contribution in [3.8, 4) is 0 Å². The highest BCUT2D eigenvalue weighted by atomic mass is 35.5. The van der Waals surface area contributed by atoms with Crippen LogP contribution in [0.15, 0.2) is 47.3 Å². The van der Waals surface area contributed by atoms with Gasteiger partial charge in [-0.2, -0.15) is 0 Å². The van der Waals surface area contributed by atoms with Gasteiger partial charge in [-0.1, -0.05) is 29.0 Å². The minimum atomic E-state index is -0.365. The number of fused-ring (bicyclic) bond motifs is 3. The van der Waals surface area contributed by atoms with Crippen molar-refractivity contribution in [3.05, 3.63) is 73.8 Å². The van der Waals surface area contributed by atoms with Crippen molar-refractivity contribution < 1.29 is 4.79 Å². The zero-order valence-electron chi connectivity index (χ0n) is 14.0. The van der Waals surface area contributed by atoms with Crippen LogP contribution in [0.3, 0.4) is 0 Å². The number of aryl methyl sites for hydroxylation is 2. The van der Waals surface area contributed by atoms with E-state index in [1.807, 2.05) is 26.0 Å². The van der Waals surface area contributed by atoms with Crippen LogP contribution >= 0.6 is 22.9 Å². The third kappa shape index (κ3) is 2.87. The molecule has 0 aliphatic heterocycles. The van der Waals surface area contributed by atoms with Crippen LogP contribution in [0.5, 0.6) is 0 Å². The maximum Gasteiger partial charge on any atom is 0.266 e. The molecular weight excluding hydrogens is 370 g/mol. The van der Waals surface area contributed by atoms with E-state index in [2.05, 4.69) is 10.3 Å². The number of anilines is 1. The molecule has 0 aliphatic carbocycles. The quantitative estimate of drug-likeness (QED) is 0.557. The van der Waals surface area contributed by atoms with E-state index in [4.69, 9.17) is 11.6 Å². The summed E-state index contributed by atoms with van der Waals surface area (Å²) >= 11 is 7.11. The molecule has 0 aliphatic rings. The predicted octanol–water partition coefficient (Wildman–Crippen LogP) is 4.43. The smallest absolute Gasteiger partial charge is 0.266 e. The van der Waals surface area contributed by atoms with Gasteiger partial charge in [0.15, 0.2) is 4.96 Å². The summed E-state index contributed by atoms with van der Waals surface area (Å²) in [5.41, 5.74) is 3.99. The van der Waals surface area contributed by atoms with Crippen LogP contribution in [0.25, 0.3) is 16.0 Å². The van der Waals surface area contributed by atoms with Crippen LogP contribution in [0, 0.1) is 13.8 Å². The highest BCUT2D eigenvalue weighted by Crippen LogP contribution is 2.23. The second-order valence-electron chi connectivity index (χ2n) is 6.07. The number of carbonyl (C=O) groups is 1. The lowest BCUT2D eigenvalue weighted by Crippen LogP contribution is -2.17. The summed E-state index contributed by atoms with van der Waals surface area (Å²) < 4.78 is 1.54. The Balaban J connectivity index is 1.81. The maximum atomic E-state index is 12.6. The first kappa shape index (κ1) is 16.8. The van der Waals surface area contributed by atoms with E-state index < -0.39 is 0 Å². The van der Waals surface area contributed by atoms with Crippen LogP contribution < -0.4 is 10.9 Å². The molecule has 0 saturated carbocycles. The largest absolute Gasteiger partial charge is 0.321 e. The highest BCUT2D eigenvalue weighted by Gasteiger charge is 2.15. The number of aromatic nitrogens is 2. The molecule has 1 N–H and O–H groups in total. The summed E-state index contributed by atoms with van der Waals surface area (Å²) in [4.78, 5) is 30.4. The fourth-order valence-electron chi connectivity index (χ4n) is 2.77. The summed E-state index contributed by atoms with van der Waals surface area (Å²) in [5, 5.41) is 3.28. The summed E-state index contributed by atoms with van der Waals surface area (Å²) in [7, 11) is 0. The Kier molecular flexibility index (Phi) is 4.01. The van der Waals surface area contributed by atoms with Gasteiger partial charge in [-0.25, -0.2) is 4.98 Å². The van der Waals surface area contributed by atoms with Crippen LogP contribution in [0.2, 0.25) is 5.02 Å². The van der Waals surface area contributed by atoms with Crippen molar-refractivity contribution in [2.24, 2.45) is 0 Å². The van der Waals surface area contributed by atoms with Crippen molar-refractivity contribution in [1.82, 2.24) is 9.38 Å². The summed E-state index contributed by atoms with van der Waals surface area (Å²) in [5.74, 6) is -0.365. The molecule has 4 rings (SSSR count). The molecule has 4 aromatic rings. The molecule has 0 saturated heterocycles. The van der Waals surface area contributed by atoms with Gasteiger partial charge in [0, 0.05) is 16.8 Å². The Labute approximate surface area is 157 Å². The number of amides is 1. The second-order valence-corrected chi connectivity index (χ2v) is 7.51. The SMILES string of the molecule is Cc1cc2nc3sc(C(=O)Nc4cccc(Cl)c4)cc(=O)n3c2cc1C. The molecule has 5 nitrogen and oxygen atoms in total. The molecule has 0 fully saturated rings. The lowest BCUT2D eigenvalue weighted by molar-refractivity contribution is 0.103. The molecule has 1 amide bonds. The molecular formula is C19H14ClN3O2S. The van der Waals surface area contributed by atoms with E-state index in [1.165, 1.54) is 17.4 Å². The number of benzene rings is 2. The number of nitrogens with one attached hydrogen (secondary N) is 1. The highest BCUT2D eigenvalue weighted by molar-refractivity contribution is 7.18. The van der Waals surface area contributed by atoms with Crippen LogP contribution in [0.4, 0.5) is 5.69 Å². The molecule has 0 unspecified atom stereocenters. The standard InChI is InChI=1S/C19H14ClN3O2S/c1-10-6-14-15(7-11(10)2)23-17(24)9-16(26-19(23)22-14)18(25)21-13-5-3-4-12(20)8-13/h3-9H,1-2H3,(H,21,25). The predicted molar refractivity (Wildman–Crippen MR) is 106 cm³/mol. The fourth-order valence-corrected chi connectivity index (χ4v) is 3.88. The van der Waals surface area contributed by atoms with E-state index in [-0.39, 0.29) is 11.5 Å². The maximum absolute atomic E-state index is 12.6. The molecule has 7 heteroatoms. The fraction of sp³-hybridized carbons (Fsp3) is 0.105. The zero-order chi connectivity index (χ0) is 18.4. The van der Waals surface area contributed by atoms with Gasteiger partial charge in [0.05, 0.1) is 11.0 Å². The van der Waals surface area contributed by atoms with Crippen molar-refractivity contribution in [1.29, 1.82) is 0 Å². The Bertz CT molecular complexity index is 1240. The van der Waals surface area contributed by atoms with Gasteiger partial charge >= 0.3 is 0 Å². The summed E-state index contributed by atoms with van der Waals surface area (Å²) in [6.45, 7) is 4.00. The van der Waals surface area contributed by atoms with Gasteiger partial charge in [0.2, 0.25) is 0 Å². The molecule has 26 heavy (non-hydrogen) atoms. The number of hydrogen-bond donors (Lipinski definition) is 1. The molecule has 0 radical (unpaired) electrons. The minimum Gasteiger partial charge on any atom is -0.321 e. The number of carbonyl (C=O) groups excluding carboxylic acids is 1. The first-order valence-electron chi connectivity index (χ1n) is 7.93. The van der Waals surface area contributed by atoms with E-state index in [9.17, 15) is 9.59 Å². The molecule has 2 aromatic heterocycles. The summed E-state index contributed by atoms with van der Waals surface area (Å²) in [6, 6.07) is 12.1. The molecule has 2 aromatic carbocycles. The Hall–Kier alpha value is -2.70. The van der Waals surface area contributed by atoms with Gasteiger partial charge in [0.1, 0.15) is 4.88 Å². The van der Waals surface area contributed by atoms with Crippen molar-refractivity contribution in [3.63, 3.8) is 0 Å². The first-order valence-corrected chi connectivity index (χ1v) is 9.12. The van der Waals surface area contributed by atoms with Gasteiger partial charge in [-0.05, 0) is 55.3 Å². The molecule has 0 atom stereocenters. The van der Waals surface area contributed by atoms with E-state index >= 15 is 0 Å². The van der Waals surface area contributed by atoms with Crippen molar-refractivity contribution in [2.45, 2.75) is 13.8 Å². The molecule has 0 spiro atoms. The number of rotatable bonds is 2. The van der Waals surface area contributed by atoms with Crippen LogP contribution in [-0.2, 0) is 0 Å². The number of halogens is 1. The van der Waals surface area contributed by atoms with Crippen molar-refractivity contribution >= 4 is 50.5 Å². The Morgan fingerprint density at radius 1 is 1.15 bits per heavy atom. The van der Waals surface area contributed by atoms with Crippen molar-refractivity contribution in [2.75, 3.05) is 5.32 Å². The topological polar surface area (TPSA) is 63.5 Å². The average molecular weight is 384 g/mol. The third-order valence-corrected chi connectivity index (χ3v) is 5.44.